The number of nitrogens with zero attached hydrogens (tertiary/aromatic N) is 2. The van der Waals surface area contributed by atoms with Gasteiger partial charge in [0.25, 0.3) is 0 Å². The molecule has 0 unspecified atom stereocenters. The van der Waals surface area contributed by atoms with Crippen LogP contribution in [-0.4, -0.2) is 22.3 Å². The summed E-state index contributed by atoms with van der Waals surface area (Å²) in [6.45, 7) is 5.20. The van der Waals surface area contributed by atoms with Crippen LogP contribution in [0.1, 0.15) is 26.7 Å². The zero-order chi connectivity index (χ0) is 11.1. The second kappa shape index (κ2) is 7.06. The van der Waals surface area contributed by atoms with E-state index < -0.39 is 0 Å². The fourth-order valence-electron chi connectivity index (χ4n) is 0.973. The minimum atomic E-state index is 0.721. The van der Waals surface area contributed by atoms with Gasteiger partial charge >= 0.3 is 0 Å². The third-order valence-electron chi connectivity index (χ3n) is 1.69. The summed E-state index contributed by atoms with van der Waals surface area (Å²) in [5.41, 5.74) is 0. The maximum Gasteiger partial charge on any atom is 0.223 e. The van der Waals surface area contributed by atoms with E-state index in [2.05, 4.69) is 45.1 Å². The van der Waals surface area contributed by atoms with Gasteiger partial charge in [-0.2, -0.15) is 0 Å². The maximum absolute atomic E-state index is 4.44. The lowest BCUT2D eigenvalue weighted by atomic mass is 10.5. The van der Waals surface area contributed by atoms with Crippen molar-refractivity contribution in [1.82, 2.24) is 9.97 Å². The fraction of sp³-hybridized carbons (Fsp3) is 0.600. The summed E-state index contributed by atoms with van der Waals surface area (Å²) in [5.74, 6) is 1.81. The topological polar surface area (TPSA) is 37.8 Å². The molecule has 0 aliphatic rings. The Balaban J connectivity index is 2.66. The first-order valence-electron chi connectivity index (χ1n) is 5.17. The molecule has 1 heterocycles. The van der Waals surface area contributed by atoms with Gasteiger partial charge in [-0.3, -0.25) is 0 Å². The van der Waals surface area contributed by atoms with Crippen LogP contribution in [0.15, 0.2) is 15.7 Å². The summed E-state index contributed by atoms with van der Waals surface area (Å²) in [6.07, 6.45) is 4.04. The molecule has 0 saturated carbocycles. The first-order chi connectivity index (χ1) is 7.27. The highest BCUT2D eigenvalue weighted by molar-refractivity contribution is 9.10. The summed E-state index contributed by atoms with van der Waals surface area (Å²) in [7, 11) is 0. The molecule has 1 N–H and O–H groups in total. The Hall–Kier alpha value is -0.290. The number of hydrogen-bond donors (Lipinski definition) is 1. The van der Waals surface area contributed by atoms with Crippen molar-refractivity contribution in [3.8, 4) is 0 Å². The number of nitrogens with one attached hydrogen (secondary N) is 1. The highest BCUT2D eigenvalue weighted by Crippen LogP contribution is 2.25. The van der Waals surface area contributed by atoms with Gasteiger partial charge in [0.1, 0.15) is 5.03 Å². The van der Waals surface area contributed by atoms with Gasteiger partial charge in [-0.05, 0) is 34.5 Å². The van der Waals surface area contributed by atoms with Crippen LogP contribution in [0.2, 0.25) is 0 Å². The predicted octanol–water partition coefficient (Wildman–Crippen LogP) is 3.56. The standard InChI is InChI=1S/C10H16BrN3S/c1-3-5-12-10-13-7-8(11)9(14-10)15-6-4-2/h7H,3-6H2,1-2H3,(H,12,13,14). The van der Waals surface area contributed by atoms with E-state index in [9.17, 15) is 0 Å². The molecule has 0 spiro atoms. The quantitative estimate of drug-likeness (QED) is 0.642. The van der Waals surface area contributed by atoms with Crippen molar-refractivity contribution in [2.24, 2.45) is 0 Å². The molecule has 0 aliphatic carbocycles. The Morgan fingerprint density at radius 2 is 2.20 bits per heavy atom. The Kier molecular flexibility index (Phi) is 6.02. The molecule has 15 heavy (non-hydrogen) atoms. The summed E-state index contributed by atoms with van der Waals surface area (Å²) in [5, 5.41) is 4.20. The van der Waals surface area contributed by atoms with Crippen molar-refractivity contribution >= 4 is 33.6 Å². The maximum atomic E-state index is 4.44. The normalized spacial score (nSPS) is 10.3. The van der Waals surface area contributed by atoms with Crippen LogP contribution in [0.3, 0.4) is 0 Å². The van der Waals surface area contributed by atoms with E-state index in [0.29, 0.717) is 0 Å². The molecule has 0 atom stereocenters. The van der Waals surface area contributed by atoms with Gasteiger partial charge in [-0.25, -0.2) is 9.97 Å². The number of anilines is 1. The van der Waals surface area contributed by atoms with Gasteiger partial charge < -0.3 is 5.32 Å². The Morgan fingerprint density at radius 3 is 2.87 bits per heavy atom. The highest BCUT2D eigenvalue weighted by atomic mass is 79.9. The van der Waals surface area contributed by atoms with Crippen LogP contribution in [-0.2, 0) is 0 Å². The van der Waals surface area contributed by atoms with Crippen molar-refractivity contribution in [3.63, 3.8) is 0 Å². The predicted molar refractivity (Wildman–Crippen MR) is 69.5 cm³/mol. The van der Waals surface area contributed by atoms with E-state index in [-0.39, 0.29) is 0 Å². The molecule has 0 aliphatic heterocycles. The number of rotatable bonds is 6. The average Bonchev–Trinajstić information content (AvgIpc) is 2.26. The zero-order valence-corrected chi connectivity index (χ0v) is 11.5. The van der Waals surface area contributed by atoms with Crippen LogP contribution >= 0.6 is 27.7 Å². The van der Waals surface area contributed by atoms with Gasteiger partial charge in [-0.15, -0.1) is 11.8 Å². The SMILES string of the molecule is CCCNc1ncc(Br)c(SCCC)n1. The number of thioether (sulfide) groups is 1. The first kappa shape index (κ1) is 12.8. The molecule has 0 saturated heterocycles. The first-order valence-corrected chi connectivity index (χ1v) is 6.95. The van der Waals surface area contributed by atoms with Crippen LogP contribution in [0.4, 0.5) is 5.95 Å². The lowest BCUT2D eigenvalue weighted by molar-refractivity contribution is 0.929. The minimum absolute atomic E-state index is 0.721. The molecule has 1 rings (SSSR count). The largest absolute Gasteiger partial charge is 0.354 e. The highest BCUT2D eigenvalue weighted by Gasteiger charge is 2.04. The number of halogens is 1. The summed E-state index contributed by atoms with van der Waals surface area (Å²) < 4.78 is 0.975. The van der Waals surface area contributed by atoms with Gasteiger partial charge in [-0.1, -0.05) is 13.8 Å². The summed E-state index contributed by atoms with van der Waals surface area (Å²) in [6, 6.07) is 0. The van der Waals surface area contributed by atoms with Crippen molar-refractivity contribution in [2.75, 3.05) is 17.6 Å². The third kappa shape index (κ3) is 4.38. The second-order valence-corrected chi connectivity index (χ2v) is 5.06. The number of hydrogen-bond acceptors (Lipinski definition) is 4. The zero-order valence-electron chi connectivity index (χ0n) is 9.09. The molecule has 3 nitrogen and oxygen atoms in total. The van der Waals surface area contributed by atoms with E-state index in [0.717, 1.165) is 40.6 Å². The average molecular weight is 290 g/mol. The van der Waals surface area contributed by atoms with Crippen molar-refractivity contribution in [3.05, 3.63) is 10.7 Å². The van der Waals surface area contributed by atoms with Gasteiger partial charge in [0.15, 0.2) is 0 Å². The molecule has 1 aromatic heterocycles. The smallest absolute Gasteiger partial charge is 0.223 e. The Morgan fingerprint density at radius 1 is 1.40 bits per heavy atom. The van der Waals surface area contributed by atoms with Gasteiger partial charge in [0.05, 0.1) is 4.47 Å². The van der Waals surface area contributed by atoms with Gasteiger partial charge in [0.2, 0.25) is 5.95 Å². The molecule has 1 aromatic rings. The van der Waals surface area contributed by atoms with E-state index in [1.165, 1.54) is 0 Å². The third-order valence-corrected chi connectivity index (χ3v) is 3.73. The molecule has 84 valence electrons. The van der Waals surface area contributed by atoms with Crippen LogP contribution in [0.25, 0.3) is 0 Å². The molecule has 0 fully saturated rings. The minimum Gasteiger partial charge on any atom is -0.354 e. The van der Waals surface area contributed by atoms with Crippen LogP contribution in [0, 0.1) is 0 Å². The van der Waals surface area contributed by atoms with E-state index in [4.69, 9.17) is 0 Å². The van der Waals surface area contributed by atoms with E-state index in [1.54, 1.807) is 11.8 Å². The van der Waals surface area contributed by atoms with Gasteiger partial charge in [0, 0.05) is 12.7 Å². The van der Waals surface area contributed by atoms with Crippen molar-refractivity contribution < 1.29 is 0 Å². The Bertz CT molecular complexity index is 307. The fourth-order valence-corrected chi connectivity index (χ4v) is 2.25. The van der Waals surface area contributed by atoms with Crippen LogP contribution in [0.5, 0.6) is 0 Å². The second-order valence-electron chi connectivity index (χ2n) is 3.12. The Labute approximate surface area is 104 Å². The number of aromatic nitrogens is 2. The summed E-state index contributed by atoms with van der Waals surface area (Å²) >= 11 is 5.21. The van der Waals surface area contributed by atoms with Crippen molar-refractivity contribution in [2.45, 2.75) is 31.7 Å². The molecular formula is C10H16BrN3S. The van der Waals surface area contributed by atoms with E-state index in [1.807, 2.05) is 6.20 Å². The van der Waals surface area contributed by atoms with Crippen LogP contribution < -0.4 is 5.32 Å². The molecule has 0 radical (unpaired) electrons. The lowest BCUT2D eigenvalue weighted by Crippen LogP contribution is -2.04. The molecule has 0 amide bonds. The molecule has 5 heteroatoms. The lowest BCUT2D eigenvalue weighted by Gasteiger charge is -2.06. The summed E-state index contributed by atoms with van der Waals surface area (Å²) in [4.78, 5) is 8.64. The monoisotopic (exact) mass is 289 g/mol. The molecule has 0 bridgehead atoms. The molecular weight excluding hydrogens is 274 g/mol. The van der Waals surface area contributed by atoms with E-state index >= 15 is 0 Å². The molecule has 0 aromatic carbocycles. The van der Waals surface area contributed by atoms with Crippen molar-refractivity contribution in [1.29, 1.82) is 0 Å².